The highest BCUT2D eigenvalue weighted by Crippen LogP contribution is 2.36. The molecule has 0 heterocycles. The maximum absolute atomic E-state index is 12.8. The summed E-state index contributed by atoms with van der Waals surface area (Å²) in [4.78, 5) is 12.1. The monoisotopic (exact) mass is 363 g/mol. The number of aliphatic hydroxyl groups excluding tert-OH is 1. The Labute approximate surface area is 137 Å². The fourth-order valence-corrected chi connectivity index (χ4v) is 2.04. The molecule has 25 heavy (non-hydrogen) atoms. The number of amides is 1. The van der Waals surface area contributed by atoms with Crippen LogP contribution in [0.15, 0.2) is 42.5 Å². The van der Waals surface area contributed by atoms with Crippen LogP contribution in [0.25, 0.3) is 0 Å². The predicted molar refractivity (Wildman–Crippen MR) is 76.8 cm³/mol. The molecular formula is C16H11F6NO2. The molecule has 0 aromatic heterocycles. The van der Waals surface area contributed by atoms with Gasteiger partial charge in [0.2, 0.25) is 0 Å². The zero-order chi connectivity index (χ0) is 18.8. The van der Waals surface area contributed by atoms with Crippen molar-refractivity contribution in [3.8, 4) is 0 Å². The van der Waals surface area contributed by atoms with Crippen LogP contribution in [0.2, 0.25) is 0 Å². The van der Waals surface area contributed by atoms with E-state index in [0.29, 0.717) is 17.7 Å². The van der Waals surface area contributed by atoms with E-state index in [0.717, 1.165) is 0 Å². The first-order valence-corrected chi connectivity index (χ1v) is 6.81. The molecule has 0 aliphatic rings. The SMILES string of the molecule is O=C(Nc1cccc(CO)c1)c1cc(C(F)(F)F)cc(C(F)(F)F)c1. The van der Waals surface area contributed by atoms with Crippen LogP contribution in [-0.2, 0) is 19.0 Å². The van der Waals surface area contributed by atoms with E-state index in [4.69, 9.17) is 5.11 Å². The van der Waals surface area contributed by atoms with Gasteiger partial charge in [-0.05, 0) is 35.9 Å². The Bertz CT molecular complexity index is 751. The standard InChI is InChI=1S/C16H11F6NO2/c17-15(18,19)11-5-10(6-12(7-11)16(20,21)22)14(25)23-13-3-1-2-9(4-13)8-24/h1-7,24H,8H2,(H,23,25). The summed E-state index contributed by atoms with van der Waals surface area (Å²) in [6, 6.07) is 6.37. The van der Waals surface area contributed by atoms with E-state index in [1.54, 1.807) is 0 Å². The molecule has 0 saturated carbocycles. The number of hydrogen-bond donors (Lipinski definition) is 2. The molecular weight excluding hydrogens is 352 g/mol. The minimum atomic E-state index is -5.03. The molecule has 134 valence electrons. The third-order valence-electron chi connectivity index (χ3n) is 3.22. The van der Waals surface area contributed by atoms with Crippen LogP contribution in [0.5, 0.6) is 0 Å². The van der Waals surface area contributed by atoms with Crippen molar-refractivity contribution in [1.82, 2.24) is 0 Å². The van der Waals surface area contributed by atoms with Crippen LogP contribution < -0.4 is 5.32 Å². The molecule has 0 bridgehead atoms. The Morgan fingerprint density at radius 1 is 0.920 bits per heavy atom. The van der Waals surface area contributed by atoms with Gasteiger partial charge in [-0.2, -0.15) is 26.3 Å². The van der Waals surface area contributed by atoms with Crippen LogP contribution >= 0.6 is 0 Å². The van der Waals surface area contributed by atoms with Crippen molar-refractivity contribution in [1.29, 1.82) is 0 Å². The zero-order valence-electron chi connectivity index (χ0n) is 12.4. The van der Waals surface area contributed by atoms with E-state index in [1.165, 1.54) is 24.3 Å². The van der Waals surface area contributed by atoms with Crippen molar-refractivity contribution >= 4 is 11.6 Å². The van der Waals surface area contributed by atoms with Gasteiger partial charge in [0.05, 0.1) is 17.7 Å². The molecule has 2 rings (SSSR count). The summed E-state index contributed by atoms with van der Waals surface area (Å²) < 4.78 is 76.8. The summed E-state index contributed by atoms with van der Waals surface area (Å²) >= 11 is 0. The van der Waals surface area contributed by atoms with Crippen molar-refractivity contribution in [3.05, 3.63) is 64.7 Å². The second-order valence-electron chi connectivity index (χ2n) is 5.11. The van der Waals surface area contributed by atoms with Gasteiger partial charge in [-0.15, -0.1) is 0 Å². The van der Waals surface area contributed by atoms with E-state index in [-0.39, 0.29) is 18.4 Å². The summed E-state index contributed by atoms with van der Waals surface area (Å²) in [6.45, 7) is -0.342. The number of anilines is 1. The fraction of sp³-hybridized carbons (Fsp3) is 0.188. The summed E-state index contributed by atoms with van der Waals surface area (Å²) in [5.41, 5.74) is -3.38. The van der Waals surface area contributed by atoms with Gasteiger partial charge in [0.15, 0.2) is 0 Å². The number of hydrogen-bond acceptors (Lipinski definition) is 2. The summed E-state index contributed by atoms with van der Waals surface area (Å²) in [5, 5.41) is 11.2. The van der Waals surface area contributed by atoms with Gasteiger partial charge >= 0.3 is 12.4 Å². The minimum Gasteiger partial charge on any atom is -0.392 e. The van der Waals surface area contributed by atoms with Gasteiger partial charge in [0, 0.05) is 11.3 Å². The van der Waals surface area contributed by atoms with Crippen LogP contribution in [0, 0.1) is 0 Å². The fourth-order valence-electron chi connectivity index (χ4n) is 2.04. The largest absolute Gasteiger partial charge is 0.416 e. The highest BCUT2D eigenvalue weighted by atomic mass is 19.4. The molecule has 2 aromatic rings. The topological polar surface area (TPSA) is 49.3 Å². The smallest absolute Gasteiger partial charge is 0.392 e. The average molecular weight is 363 g/mol. The number of nitrogens with one attached hydrogen (secondary N) is 1. The van der Waals surface area contributed by atoms with Crippen molar-refractivity contribution < 1.29 is 36.2 Å². The third kappa shape index (κ3) is 4.72. The van der Waals surface area contributed by atoms with E-state index in [2.05, 4.69) is 5.32 Å². The number of rotatable bonds is 3. The molecule has 0 spiro atoms. The molecule has 3 nitrogen and oxygen atoms in total. The highest BCUT2D eigenvalue weighted by molar-refractivity contribution is 6.04. The molecule has 0 aliphatic carbocycles. The molecule has 2 N–H and O–H groups in total. The predicted octanol–water partition coefficient (Wildman–Crippen LogP) is 4.47. The Kier molecular flexibility index (Phi) is 5.07. The molecule has 0 fully saturated rings. The van der Waals surface area contributed by atoms with Gasteiger partial charge < -0.3 is 10.4 Å². The quantitative estimate of drug-likeness (QED) is 0.791. The molecule has 9 heteroatoms. The normalized spacial score (nSPS) is 12.1. The zero-order valence-corrected chi connectivity index (χ0v) is 12.4. The van der Waals surface area contributed by atoms with E-state index in [9.17, 15) is 31.1 Å². The average Bonchev–Trinajstić information content (AvgIpc) is 2.53. The van der Waals surface area contributed by atoms with Crippen molar-refractivity contribution in [2.45, 2.75) is 19.0 Å². The van der Waals surface area contributed by atoms with Gasteiger partial charge in [-0.25, -0.2) is 0 Å². The number of halogens is 6. The number of carbonyl (C=O) groups excluding carboxylic acids is 1. The molecule has 0 saturated heterocycles. The van der Waals surface area contributed by atoms with E-state index in [1.807, 2.05) is 0 Å². The van der Waals surface area contributed by atoms with Gasteiger partial charge in [0.1, 0.15) is 0 Å². The Balaban J connectivity index is 2.41. The first kappa shape index (κ1) is 18.8. The van der Waals surface area contributed by atoms with Crippen LogP contribution in [0.1, 0.15) is 27.0 Å². The van der Waals surface area contributed by atoms with Gasteiger partial charge in [-0.1, -0.05) is 12.1 Å². The van der Waals surface area contributed by atoms with Crippen LogP contribution in [0.3, 0.4) is 0 Å². The lowest BCUT2D eigenvalue weighted by Crippen LogP contribution is -2.17. The number of aliphatic hydroxyl groups is 1. The molecule has 0 radical (unpaired) electrons. The molecule has 0 aliphatic heterocycles. The second kappa shape index (κ2) is 6.75. The Morgan fingerprint density at radius 3 is 1.96 bits per heavy atom. The van der Waals surface area contributed by atoms with Crippen molar-refractivity contribution in [2.75, 3.05) is 5.32 Å². The lowest BCUT2D eigenvalue weighted by atomic mass is 10.0. The van der Waals surface area contributed by atoms with Gasteiger partial charge in [-0.3, -0.25) is 4.79 Å². The molecule has 0 unspecified atom stereocenters. The van der Waals surface area contributed by atoms with E-state index < -0.39 is 35.0 Å². The van der Waals surface area contributed by atoms with Crippen LogP contribution in [-0.4, -0.2) is 11.0 Å². The lowest BCUT2D eigenvalue weighted by molar-refractivity contribution is -0.143. The molecule has 1 amide bonds. The Morgan fingerprint density at radius 2 is 1.48 bits per heavy atom. The van der Waals surface area contributed by atoms with E-state index >= 15 is 0 Å². The summed E-state index contributed by atoms with van der Waals surface area (Å²) in [7, 11) is 0. The summed E-state index contributed by atoms with van der Waals surface area (Å²) in [6.07, 6.45) is -10.1. The Hall–Kier alpha value is -2.55. The lowest BCUT2D eigenvalue weighted by Gasteiger charge is -2.14. The van der Waals surface area contributed by atoms with Crippen LogP contribution in [0.4, 0.5) is 32.0 Å². The number of carbonyl (C=O) groups is 1. The second-order valence-corrected chi connectivity index (χ2v) is 5.11. The highest BCUT2D eigenvalue weighted by Gasteiger charge is 2.37. The maximum Gasteiger partial charge on any atom is 0.416 e. The minimum absolute atomic E-state index is 0.0524. The van der Waals surface area contributed by atoms with Crippen molar-refractivity contribution in [2.24, 2.45) is 0 Å². The molecule has 2 aromatic carbocycles. The van der Waals surface area contributed by atoms with Gasteiger partial charge in [0.25, 0.3) is 5.91 Å². The third-order valence-corrected chi connectivity index (χ3v) is 3.22. The molecule has 0 atom stereocenters. The van der Waals surface area contributed by atoms with Crippen molar-refractivity contribution in [3.63, 3.8) is 0 Å². The summed E-state index contributed by atoms with van der Waals surface area (Å²) in [5.74, 6) is -1.13. The maximum atomic E-state index is 12.8. The first-order chi connectivity index (χ1) is 11.5. The first-order valence-electron chi connectivity index (χ1n) is 6.81. The number of alkyl halides is 6. The number of benzene rings is 2.